The monoisotopic (exact) mass is 421 g/mol. The van der Waals surface area contributed by atoms with Crippen LogP contribution in [0.5, 0.6) is 0 Å². The van der Waals surface area contributed by atoms with Crippen LogP contribution in [0.4, 0.5) is 5.69 Å². The highest BCUT2D eigenvalue weighted by Gasteiger charge is 2.38. The predicted molar refractivity (Wildman–Crippen MR) is 111 cm³/mol. The van der Waals surface area contributed by atoms with E-state index in [1.54, 1.807) is 54.6 Å². The zero-order chi connectivity index (χ0) is 18.9. The largest absolute Gasteiger partial charge is 0.331 e. The van der Waals surface area contributed by atoms with E-state index in [4.69, 9.17) is 0 Å². The third-order valence-electron chi connectivity index (χ3n) is 5.30. The number of anilines is 1. The molecule has 2 aromatic carbocycles. The highest BCUT2D eigenvalue weighted by Crippen LogP contribution is 2.30. The van der Waals surface area contributed by atoms with E-state index in [0.29, 0.717) is 11.3 Å². The molecule has 2 aliphatic heterocycles. The average Bonchev–Trinajstić information content (AvgIpc) is 2.94. The first-order valence-corrected chi connectivity index (χ1v) is 10.7. The molecule has 2 aliphatic rings. The molecule has 2 unspecified atom stereocenters. The molecule has 2 heterocycles. The van der Waals surface area contributed by atoms with Gasteiger partial charge in [-0.1, -0.05) is 24.3 Å². The molecule has 6 nitrogen and oxygen atoms in total. The van der Waals surface area contributed by atoms with Crippen molar-refractivity contribution in [3.63, 3.8) is 0 Å². The Bertz CT molecular complexity index is 923. The van der Waals surface area contributed by atoms with Gasteiger partial charge in [0.25, 0.3) is 15.9 Å². The normalized spacial score (nSPS) is 21.5. The fourth-order valence-electron chi connectivity index (χ4n) is 3.99. The van der Waals surface area contributed by atoms with Gasteiger partial charge in [0.1, 0.15) is 0 Å². The minimum atomic E-state index is -3.68. The Morgan fingerprint density at radius 1 is 1.00 bits per heavy atom. The lowest BCUT2D eigenvalue weighted by Gasteiger charge is -2.28. The van der Waals surface area contributed by atoms with Gasteiger partial charge in [0.15, 0.2) is 0 Å². The average molecular weight is 422 g/mol. The van der Waals surface area contributed by atoms with E-state index in [0.717, 1.165) is 32.4 Å². The number of sulfonamides is 1. The molecule has 8 heteroatoms. The first-order chi connectivity index (χ1) is 13.0. The minimum absolute atomic E-state index is 0. The molecule has 0 aromatic heterocycles. The lowest BCUT2D eigenvalue weighted by Crippen LogP contribution is -2.42. The van der Waals surface area contributed by atoms with Crippen LogP contribution < -0.4 is 10.0 Å². The molecule has 0 saturated carbocycles. The van der Waals surface area contributed by atoms with Crippen LogP contribution in [-0.4, -0.2) is 44.4 Å². The van der Waals surface area contributed by atoms with E-state index >= 15 is 0 Å². The smallest absolute Gasteiger partial charge is 0.261 e. The van der Waals surface area contributed by atoms with Gasteiger partial charge >= 0.3 is 0 Å². The molecule has 28 heavy (non-hydrogen) atoms. The van der Waals surface area contributed by atoms with Crippen molar-refractivity contribution in [2.75, 3.05) is 17.8 Å². The molecule has 2 fully saturated rings. The van der Waals surface area contributed by atoms with Crippen molar-refractivity contribution in [3.05, 3.63) is 60.2 Å². The first kappa shape index (κ1) is 20.6. The van der Waals surface area contributed by atoms with Crippen LogP contribution in [0.1, 0.15) is 29.6 Å². The number of nitrogens with zero attached hydrogens (tertiary/aromatic N) is 1. The Kier molecular flexibility index (Phi) is 6.27. The number of hydrogen-bond acceptors (Lipinski definition) is 4. The maximum absolute atomic E-state index is 13.1. The number of benzene rings is 2. The topological polar surface area (TPSA) is 78.5 Å². The van der Waals surface area contributed by atoms with E-state index in [1.807, 2.05) is 4.90 Å². The van der Waals surface area contributed by atoms with Gasteiger partial charge in [0.05, 0.1) is 4.90 Å². The van der Waals surface area contributed by atoms with Crippen molar-refractivity contribution in [3.8, 4) is 0 Å². The molecular weight excluding hydrogens is 398 g/mol. The van der Waals surface area contributed by atoms with Crippen LogP contribution in [0.2, 0.25) is 0 Å². The molecule has 2 N–H and O–H groups in total. The van der Waals surface area contributed by atoms with Crippen molar-refractivity contribution < 1.29 is 13.2 Å². The fourth-order valence-corrected chi connectivity index (χ4v) is 5.06. The fraction of sp³-hybridized carbons (Fsp3) is 0.350. The predicted octanol–water partition coefficient (Wildman–Crippen LogP) is 2.88. The van der Waals surface area contributed by atoms with Crippen LogP contribution in [0.25, 0.3) is 0 Å². The van der Waals surface area contributed by atoms with E-state index in [2.05, 4.69) is 10.0 Å². The molecule has 150 valence electrons. The molecular formula is C20H24ClN3O3S. The zero-order valence-corrected chi connectivity index (χ0v) is 17.0. The third kappa shape index (κ3) is 4.16. The number of halogens is 1. The van der Waals surface area contributed by atoms with Gasteiger partial charge in [-0.2, -0.15) is 0 Å². The third-order valence-corrected chi connectivity index (χ3v) is 6.70. The minimum Gasteiger partial charge on any atom is -0.331 e. The molecule has 1 amide bonds. The number of amides is 1. The second-order valence-electron chi connectivity index (χ2n) is 7.09. The summed E-state index contributed by atoms with van der Waals surface area (Å²) in [5, 5.41) is 3.39. The summed E-state index contributed by atoms with van der Waals surface area (Å²) in [6, 6.07) is 15.4. The number of fused-ring (bicyclic) bond motifs is 2. The Hall–Kier alpha value is -2.09. The van der Waals surface area contributed by atoms with Gasteiger partial charge in [-0.05, 0) is 56.1 Å². The van der Waals surface area contributed by atoms with Gasteiger partial charge in [-0.3, -0.25) is 9.52 Å². The van der Waals surface area contributed by atoms with Crippen LogP contribution >= 0.6 is 12.4 Å². The summed E-state index contributed by atoms with van der Waals surface area (Å²) in [4.78, 5) is 15.3. The number of nitrogens with one attached hydrogen (secondary N) is 2. The summed E-state index contributed by atoms with van der Waals surface area (Å²) < 4.78 is 27.6. The Morgan fingerprint density at radius 3 is 2.54 bits per heavy atom. The summed E-state index contributed by atoms with van der Waals surface area (Å²) in [7, 11) is -3.68. The summed E-state index contributed by atoms with van der Waals surface area (Å²) in [6.45, 7) is 1.75. The highest BCUT2D eigenvalue weighted by molar-refractivity contribution is 7.92. The second kappa shape index (κ2) is 8.51. The lowest BCUT2D eigenvalue weighted by molar-refractivity contribution is 0.0680. The Morgan fingerprint density at radius 2 is 1.75 bits per heavy atom. The van der Waals surface area contributed by atoms with Gasteiger partial charge in [-0.25, -0.2) is 8.42 Å². The van der Waals surface area contributed by atoms with Crippen molar-refractivity contribution >= 4 is 34.0 Å². The van der Waals surface area contributed by atoms with Crippen LogP contribution in [0.3, 0.4) is 0 Å². The maximum atomic E-state index is 13.1. The van der Waals surface area contributed by atoms with Gasteiger partial charge in [0.2, 0.25) is 0 Å². The van der Waals surface area contributed by atoms with Crippen molar-refractivity contribution in [1.29, 1.82) is 0 Å². The molecule has 2 saturated heterocycles. The lowest BCUT2D eigenvalue weighted by atomic mass is 10.1. The molecule has 4 rings (SSSR count). The van der Waals surface area contributed by atoms with Gasteiger partial charge in [-0.15, -0.1) is 12.4 Å². The van der Waals surface area contributed by atoms with Crippen LogP contribution in [0.15, 0.2) is 59.5 Å². The summed E-state index contributed by atoms with van der Waals surface area (Å²) in [5.74, 6) is -0.0213. The molecule has 0 radical (unpaired) electrons. The Labute approximate surface area is 171 Å². The second-order valence-corrected chi connectivity index (χ2v) is 8.77. The molecule has 0 aliphatic carbocycles. The quantitative estimate of drug-likeness (QED) is 0.795. The molecule has 2 atom stereocenters. The van der Waals surface area contributed by atoms with E-state index in [9.17, 15) is 13.2 Å². The maximum Gasteiger partial charge on any atom is 0.261 e. The van der Waals surface area contributed by atoms with Gasteiger partial charge in [0, 0.05) is 29.9 Å². The SMILES string of the molecule is Cl.O=C(c1cccc(NS(=O)(=O)c2ccccc2)c1)N1C2CCNCC1CC2. The summed E-state index contributed by atoms with van der Waals surface area (Å²) in [6.07, 6.45) is 3.02. The van der Waals surface area contributed by atoms with Crippen molar-refractivity contribution in [2.45, 2.75) is 36.2 Å². The highest BCUT2D eigenvalue weighted by atomic mass is 35.5. The number of carbonyl (C=O) groups is 1. The van der Waals surface area contributed by atoms with Crippen molar-refractivity contribution in [2.24, 2.45) is 0 Å². The number of carbonyl (C=O) groups excluding carboxylic acids is 1. The van der Waals surface area contributed by atoms with E-state index in [1.165, 1.54) is 0 Å². The van der Waals surface area contributed by atoms with E-state index in [-0.39, 0.29) is 35.3 Å². The number of rotatable bonds is 4. The summed E-state index contributed by atoms with van der Waals surface area (Å²) in [5.41, 5.74) is 0.909. The number of hydrogen-bond donors (Lipinski definition) is 2. The molecule has 0 spiro atoms. The van der Waals surface area contributed by atoms with Gasteiger partial charge < -0.3 is 10.2 Å². The standard InChI is InChI=1S/C20H23N3O3S.ClH/c24-20(23-17-9-10-18(23)14-21-12-11-17)15-5-4-6-16(13-15)22-27(25,26)19-7-2-1-3-8-19;/h1-8,13,17-18,21-22H,9-12,14H2;1H. The zero-order valence-electron chi connectivity index (χ0n) is 15.4. The molecule has 2 bridgehead atoms. The van der Waals surface area contributed by atoms with Crippen LogP contribution in [0, 0.1) is 0 Å². The molecule has 2 aromatic rings. The first-order valence-electron chi connectivity index (χ1n) is 9.26. The van der Waals surface area contributed by atoms with E-state index < -0.39 is 10.0 Å². The van der Waals surface area contributed by atoms with Crippen molar-refractivity contribution in [1.82, 2.24) is 10.2 Å². The summed E-state index contributed by atoms with van der Waals surface area (Å²) >= 11 is 0. The Balaban J connectivity index is 0.00000225. The van der Waals surface area contributed by atoms with Crippen LogP contribution in [-0.2, 0) is 10.0 Å².